The predicted molar refractivity (Wildman–Crippen MR) is 215 cm³/mol. The Kier molecular flexibility index (Phi) is 7.83. The molecule has 2 aromatic heterocycles. The Labute approximate surface area is 312 Å². The third-order valence-electron chi connectivity index (χ3n) is 10.2. The number of likely N-dealkylation sites (N-methyl/N-ethyl adjacent to an activating group) is 2. The van der Waals surface area contributed by atoms with E-state index in [2.05, 4.69) is 125 Å². The lowest BCUT2D eigenvalue weighted by atomic mass is 9.87. The molecule has 0 amide bonds. The molecule has 9 rings (SSSR count). The van der Waals surface area contributed by atoms with E-state index in [1.807, 2.05) is 54.6 Å². The number of hydrogen-bond donors (Lipinski definition) is 2. The molecule has 0 spiro atoms. The molecule has 0 saturated carbocycles. The maximum atomic E-state index is 7.97. The van der Waals surface area contributed by atoms with E-state index in [-0.39, 0.29) is 0 Å². The minimum Gasteiger partial charge on any atom is -0.377 e. The fraction of sp³-hybridized carbons (Fsp3) is 0.136. The number of hydrogen-bond acceptors (Lipinski definition) is 4. The highest BCUT2D eigenvalue weighted by molar-refractivity contribution is 6.41. The summed E-state index contributed by atoms with van der Waals surface area (Å²) in [6.45, 7) is 1.54. The zero-order chi connectivity index (χ0) is 35.5. The van der Waals surface area contributed by atoms with Gasteiger partial charge < -0.3 is 19.8 Å². The highest BCUT2D eigenvalue weighted by Crippen LogP contribution is 2.53. The minimum absolute atomic E-state index is 0.729. The molecule has 256 valence electrons. The van der Waals surface area contributed by atoms with Crippen LogP contribution in [-0.4, -0.2) is 63.4 Å². The van der Waals surface area contributed by atoms with Crippen molar-refractivity contribution in [2.45, 2.75) is 9.87 Å². The molecule has 8 bridgehead atoms. The fourth-order valence-corrected chi connectivity index (χ4v) is 8.22. The van der Waals surface area contributed by atoms with Gasteiger partial charge in [-0.2, -0.15) is 0 Å². The van der Waals surface area contributed by atoms with E-state index in [9.17, 15) is 0 Å². The van der Waals surface area contributed by atoms with Crippen molar-refractivity contribution in [1.82, 2.24) is 19.8 Å². The average Bonchev–Trinajstić information content (AvgIpc) is 4.00. The molecule has 7 heterocycles. The summed E-state index contributed by atoms with van der Waals surface area (Å²) in [7, 11) is 4.13. The van der Waals surface area contributed by atoms with Crippen molar-refractivity contribution in [2.24, 2.45) is 9.98 Å². The second kappa shape index (κ2) is 12.6. The number of rotatable bonds is 4. The second-order valence-electron chi connectivity index (χ2n) is 13.6. The van der Waals surface area contributed by atoms with Crippen LogP contribution in [0.5, 0.6) is 0 Å². The molecule has 4 aromatic rings. The molecule has 2 atom stereocenters. The smallest absolute Gasteiger partial charge is 0.181 e. The van der Waals surface area contributed by atoms with Gasteiger partial charge in [-0.25, -0.2) is 4.99 Å². The van der Waals surface area contributed by atoms with Crippen LogP contribution in [0.25, 0.3) is 16.7 Å². The number of aromatic amines is 2. The summed E-state index contributed by atoms with van der Waals surface area (Å²) in [5.41, 5.74) is 11.0. The van der Waals surface area contributed by atoms with Crippen molar-refractivity contribution in [2.75, 3.05) is 27.2 Å². The summed E-state index contributed by atoms with van der Waals surface area (Å²) in [4.78, 5) is 19.9. The van der Waals surface area contributed by atoms with Crippen LogP contribution in [0, 0.1) is 0 Å². The van der Waals surface area contributed by atoms with E-state index in [4.69, 9.17) is 33.2 Å². The van der Waals surface area contributed by atoms with Crippen LogP contribution in [0.15, 0.2) is 173 Å². The summed E-state index contributed by atoms with van der Waals surface area (Å²) < 4.78 is 0. The number of halogens is 2. The van der Waals surface area contributed by atoms with E-state index in [1.54, 1.807) is 0 Å². The molecular formula is C44H36Cl2N6. The number of alkyl halides is 2. The number of H-pyrrole nitrogens is 2. The molecule has 52 heavy (non-hydrogen) atoms. The molecule has 8 heteroatoms. The van der Waals surface area contributed by atoms with Gasteiger partial charge in [-0.3, -0.25) is 4.99 Å². The molecule has 5 aliphatic heterocycles. The lowest BCUT2D eigenvalue weighted by Gasteiger charge is -2.37. The number of aromatic nitrogens is 2. The Hall–Kier alpha value is -5.56. The molecule has 2 unspecified atom stereocenters. The summed E-state index contributed by atoms with van der Waals surface area (Å²) in [6.07, 6.45) is 21.1. The van der Waals surface area contributed by atoms with Gasteiger partial charge in [-0.15, -0.1) is 11.6 Å². The monoisotopic (exact) mass is 718 g/mol. The largest absolute Gasteiger partial charge is 0.377 e. The Morgan fingerprint density at radius 3 is 1.96 bits per heavy atom. The SMILES string of the molecule is CN1C=CC(C2=C3C=CC(=N3)C(c3ccccc3)=c3ccc([nH]3)=C(C3=CCN(C)C=C3)C3=NC(Cl)(C=C3)C(Cl)(c3ccccc3)c3ccc2[nH]3)=CC1. The van der Waals surface area contributed by atoms with Crippen LogP contribution in [0.3, 0.4) is 0 Å². The van der Waals surface area contributed by atoms with Gasteiger partial charge in [0.15, 0.2) is 9.87 Å². The van der Waals surface area contributed by atoms with Crippen molar-refractivity contribution in [3.05, 3.63) is 196 Å². The maximum Gasteiger partial charge on any atom is 0.181 e. The Morgan fingerprint density at radius 2 is 1.29 bits per heavy atom. The first-order valence-electron chi connectivity index (χ1n) is 17.4. The van der Waals surface area contributed by atoms with E-state index in [1.165, 1.54) is 0 Å². The standard InChI is InChI=1S/C44H36Cl2N6/c1-51-25-20-30(21-26-51)41-35-14-13-33(47-35)40(29-9-5-3-6-10-29)34-15-16-36(48-34)42(31-22-27-52(2)28-23-31)38-19-24-43(45,50-38)44(46,32-11-7-4-8-12-32)39-18-17-37(41)49-39/h3-25,27,48-49H,26,28H2,1-2H3. The zero-order valence-electron chi connectivity index (χ0n) is 28.8. The normalized spacial score (nSPS) is 23.7. The predicted octanol–water partition coefficient (Wildman–Crippen LogP) is 7.33. The molecule has 5 aliphatic rings. The Morgan fingerprint density at radius 1 is 0.635 bits per heavy atom. The molecule has 0 aliphatic carbocycles. The van der Waals surface area contributed by atoms with Crippen molar-refractivity contribution in [1.29, 1.82) is 0 Å². The van der Waals surface area contributed by atoms with Crippen LogP contribution in [0.4, 0.5) is 0 Å². The molecule has 2 N–H and O–H groups in total. The molecular weight excluding hydrogens is 683 g/mol. The Balaban J connectivity index is 1.39. The van der Waals surface area contributed by atoms with E-state index < -0.39 is 9.87 Å². The van der Waals surface area contributed by atoms with Crippen molar-refractivity contribution in [3.63, 3.8) is 0 Å². The molecule has 2 aromatic carbocycles. The van der Waals surface area contributed by atoms with Crippen LogP contribution in [0.2, 0.25) is 0 Å². The van der Waals surface area contributed by atoms with Crippen LogP contribution in [-0.2, 0) is 4.87 Å². The molecule has 0 saturated heterocycles. The summed E-state index contributed by atoms with van der Waals surface area (Å²) in [6, 6.07) is 28.8. The first-order valence-corrected chi connectivity index (χ1v) is 18.2. The average molecular weight is 720 g/mol. The molecule has 0 radical (unpaired) electrons. The number of fused-ring (bicyclic) bond motifs is 6. The summed E-state index contributed by atoms with van der Waals surface area (Å²) in [5.74, 6) is 0. The van der Waals surface area contributed by atoms with E-state index >= 15 is 0 Å². The van der Waals surface area contributed by atoms with Gasteiger partial charge in [0.25, 0.3) is 0 Å². The number of benzene rings is 2. The minimum atomic E-state index is -1.37. The van der Waals surface area contributed by atoms with E-state index in [0.717, 1.165) is 91.3 Å². The number of allylic oxidation sites excluding steroid dienone is 8. The van der Waals surface area contributed by atoms with Gasteiger partial charge in [0.1, 0.15) is 0 Å². The van der Waals surface area contributed by atoms with Gasteiger partial charge in [-0.1, -0.05) is 84.4 Å². The van der Waals surface area contributed by atoms with Crippen LogP contribution in [0.1, 0.15) is 22.5 Å². The van der Waals surface area contributed by atoms with Gasteiger partial charge in [-0.05, 0) is 95.4 Å². The maximum absolute atomic E-state index is 7.97. The first-order chi connectivity index (χ1) is 25.3. The molecule has 6 nitrogen and oxygen atoms in total. The van der Waals surface area contributed by atoms with Crippen molar-refractivity contribution < 1.29 is 0 Å². The summed E-state index contributed by atoms with van der Waals surface area (Å²) in [5, 5.41) is 1.87. The highest BCUT2D eigenvalue weighted by atomic mass is 35.5. The number of nitrogens with one attached hydrogen (secondary N) is 2. The quantitative estimate of drug-likeness (QED) is 0.172. The molecule has 0 fully saturated rings. The lowest BCUT2D eigenvalue weighted by molar-refractivity contribution is 0.503. The second-order valence-corrected chi connectivity index (χ2v) is 14.8. The van der Waals surface area contributed by atoms with Gasteiger partial charge in [0, 0.05) is 66.0 Å². The van der Waals surface area contributed by atoms with Crippen molar-refractivity contribution in [3.8, 4) is 0 Å². The summed E-state index contributed by atoms with van der Waals surface area (Å²) >= 11 is 15.7. The van der Waals surface area contributed by atoms with Crippen LogP contribution >= 0.6 is 23.2 Å². The first kappa shape index (κ1) is 32.4. The lowest BCUT2D eigenvalue weighted by Crippen LogP contribution is -2.41. The number of nitrogens with zero attached hydrogens (tertiary/aromatic N) is 4. The van der Waals surface area contributed by atoms with Gasteiger partial charge in [0.05, 0.1) is 17.1 Å². The van der Waals surface area contributed by atoms with Gasteiger partial charge >= 0.3 is 0 Å². The van der Waals surface area contributed by atoms with Crippen LogP contribution < -0.4 is 10.7 Å². The Bertz CT molecular complexity index is 2520. The van der Waals surface area contributed by atoms with Crippen molar-refractivity contribution >= 4 is 51.3 Å². The van der Waals surface area contributed by atoms with E-state index in [0.29, 0.717) is 0 Å². The third kappa shape index (κ3) is 5.33. The third-order valence-corrected chi connectivity index (χ3v) is 11.5. The number of aliphatic imine (C=N–C) groups is 2. The topological polar surface area (TPSA) is 62.8 Å². The fourth-order valence-electron chi connectivity index (χ4n) is 7.51. The highest BCUT2D eigenvalue weighted by Gasteiger charge is 2.53. The van der Waals surface area contributed by atoms with Gasteiger partial charge in [0.2, 0.25) is 0 Å². The zero-order valence-corrected chi connectivity index (χ0v) is 30.3.